The van der Waals surface area contributed by atoms with E-state index in [-0.39, 0.29) is 6.61 Å². The van der Waals surface area contributed by atoms with E-state index in [9.17, 15) is 0 Å². The number of hydrogen-bond donors (Lipinski definition) is 2. The van der Waals surface area contributed by atoms with Gasteiger partial charge in [-0.2, -0.15) is 0 Å². The van der Waals surface area contributed by atoms with Crippen molar-refractivity contribution in [1.82, 2.24) is 14.9 Å². The van der Waals surface area contributed by atoms with Crippen LogP contribution in [0.5, 0.6) is 0 Å². The highest BCUT2D eigenvalue weighted by atomic mass is 35.5. The summed E-state index contributed by atoms with van der Waals surface area (Å²) in [5.74, 6) is 0.747. The van der Waals surface area contributed by atoms with Crippen LogP contribution in [0.4, 0.5) is 0 Å². The highest BCUT2D eigenvalue weighted by molar-refractivity contribution is 6.42. The zero-order valence-corrected chi connectivity index (χ0v) is 15.3. The van der Waals surface area contributed by atoms with Crippen molar-refractivity contribution in [1.29, 1.82) is 0 Å². The smallest absolute Gasteiger partial charge is 0.137 e. The van der Waals surface area contributed by atoms with Crippen molar-refractivity contribution in [2.45, 2.75) is 6.54 Å². The molecule has 25 heavy (non-hydrogen) atoms. The monoisotopic (exact) mass is 375 g/mol. The van der Waals surface area contributed by atoms with E-state index in [0.717, 1.165) is 29.2 Å². The Balaban J connectivity index is 1.83. The van der Waals surface area contributed by atoms with Gasteiger partial charge in [-0.3, -0.25) is 4.90 Å². The molecule has 0 atom stereocenters. The Kier molecular flexibility index (Phi) is 5.76. The highest BCUT2D eigenvalue weighted by Crippen LogP contribution is 2.28. The van der Waals surface area contributed by atoms with Crippen molar-refractivity contribution in [3.05, 3.63) is 64.3 Å². The standard InChI is InChI=1S/C19H19Cl2N3O/c1-24(7-8-25)12-13-3-2-4-14(9-13)18-11-22-19(23-18)15-5-6-16(20)17(21)10-15/h2-6,9-11,25H,7-8,12H2,1H3,(H,22,23). The van der Waals surface area contributed by atoms with Gasteiger partial charge in [-0.15, -0.1) is 0 Å². The number of imidazole rings is 1. The molecule has 3 aromatic rings. The summed E-state index contributed by atoms with van der Waals surface area (Å²) >= 11 is 12.1. The van der Waals surface area contributed by atoms with Crippen molar-refractivity contribution < 1.29 is 5.11 Å². The Morgan fingerprint density at radius 2 is 1.92 bits per heavy atom. The van der Waals surface area contributed by atoms with Crippen LogP contribution in [0.3, 0.4) is 0 Å². The number of aromatic amines is 1. The SMILES string of the molecule is CN(CCO)Cc1cccc(-c2cnc(-c3ccc(Cl)c(Cl)c3)[nH]2)c1. The maximum Gasteiger partial charge on any atom is 0.137 e. The van der Waals surface area contributed by atoms with Gasteiger partial charge in [-0.25, -0.2) is 4.98 Å². The largest absolute Gasteiger partial charge is 0.395 e. The molecular formula is C19H19Cl2N3O. The van der Waals surface area contributed by atoms with E-state index in [1.54, 1.807) is 12.1 Å². The van der Waals surface area contributed by atoms with E-state index in [4.69, 9.17) is 28.3 Å². The molecule has 3 rings (SSSR count). The number of benzene rings is 2. The van der Waals surface area contributed by atoms with Gasteiger partial charge >= 0.3 is 0 Å². The Hall–Kier alpha value is -1.85. The number of rotatable bonds is 6. The van der Waals surface area contributed by atoms with E-state index >= 15 is 0 Å². The number of nitrogens with one attached hydrogen (secondary N) is 1. The summed E-state index contributed by atoms with van der Waals surface area (Å²) in [4.78, 5) is 9.86. The first kappa shape index (κ1) is 18.0. The molecule has 1 heterocycles. The van der Waals surface area contributed by atoms with E-state index < -0.39 is 0 Å². The Morgan fingerprint density at radius 1 is 1.08 bits per heavy atom. The van der Waals surface area contributed by atoms with Gasteiger partial charge in [0.15, 0.2) is 0 Å². The average Bonchev–Trinajstić information content (AvgIpc) is 3.08. The topological polar surface area (TPSA) is 52.1 Å². The number of nitrogens with zero attached hydrogens (tertiary/aromatic N) is 2. The minimum atomic E-state index is 0.156. The summed E-state index contributed by atoms with van der Waals surface area (Å²) in [5.41, 5.74) is 4.07. The van der Waals surface area contributed by atoms with Crippen molar-refractivity contribution in [2.75, 3.05) is 20.2 Å². The zero-order chi connectivity index (χ0) is 17.8. The summed E-state index contributed by atoms with van der Waals surface area (Å²) in [7, 11) is 1.99. The average molecular weight is 376 g/mol. The zero-order valence-electron chi connectivity index (χ0n) is 13.8. The first-order valence-electron chi connectivity index (χ1n) is 7.96. The molecule has 0 spiro atoms. The molecular weight excluding hydrogens is 357 g/mol. The second kappa shape index (κ2) is 8.02. The number of aromatic nitrogens is 2. The van der Waals surface area contributed by atoms with Crippen molar-refractivity contribution in [2.24, 2.45) is 0 Å². The molecule has 0 aliphatic rings. The van der Waals surface area contributed by atoms with Crippen LogP contribution >= 0.6 is 23.2 Å². The minimum absolute atomic E-state index is 0.156. The van der Waals surface area contributed by atoms with Gasteiger partial charge in [0.1, 0.15) is 5.82 Å². The van der Waals surface area contributed by atoms with Gasteiger partial charge in [0.2, 0.25) is 0 Å². The summed E-state index contributed by atoms with van der Waals surface area (Å²) in [5, 5.41) is 10.1. The van der Waals surface area contributed by atoms with Crippen LogP contribution in [-0.4, -0.2) is 40.2 Å². The molecule has 0 radical (unpaired) electrons. The first-order valence-corrected chi connectivity index (χ1v) is 8.71. The Morgan fingerprint density at radius 3 is 2.68 bits per heavy atom. The number of aliphatic hydroxyl groups excluding tert-OH is 1. The fraction of sp³-hybridized carbons (Fsp3) is 0.211. The third-order valence-electron chi connectivity index (χ3n) is 3.94. The second-order valence-corrected chi connectivity index (χ2v) is 6.75. The molecule has 2 aromatic carbocycles. The molecule has 2 N–H and O–H groups in total. The normalized spacial score (nSPS) is 11.2. The van der Waals surface area contributed by atoms with E-state index in [1.165, 1.54) is 5.56 Å². The van der Waals surface area contributed by atoms with Gasteiger partial charge < -0.3 is 10.1 Å². The van der Waals surface area contributed by atoms with Crippen LogP contribution in [0.2, 0.25) is 10.0 Å². The maximum atomic E-state index is 9.02. The third kappa shape index (κ3) is 4.41. The van der Waals surface area contributed by atoms with Gasteiger partial charge in [0, 0.05) is 18.7 Å². The Bertz CT molecular complexity index is 863. The number of halogens is 2. The molecule has 0 saturated heterocycles. The summed E-state index contributed by atoms with van der Waals surface area (Å²) in [6.07, 6.45) is 1.81. The summed E-state index contributed by atoms with van der Waals surface area (Å²) < 4.78 is 0. The lowest BCUT2D eigenvalue weighted by molar-refractivity contribution is 0.217. The molecule has 0 aliphatic carbocycles. The molecule has 0 unspecified atom stereocenters. The van der Waals surface area contributed by atoms with Gasteiger partial charge in [0.25, 0.3) is 0 Å². The molecule has 4 nitrogen and oxygen atoms in total. The van der Waals surface area contributed by atoms with Gasteiger partial charge in [-0.05, 0) is 42.4 Å². The van der Waals surface area contributed by atoms with Crippen molar-refractivity contribution >= 4 is 23.2 Å². The second-order valence-electron chi connectivity index (χ2n) is 5.94. The number of aliphatic hydroxyl groups is 1. The van der Waals surface area contributed by atoms with Crippen LogP contribution < -0.4 is 0 Å². The van der Waals surface area contributed by atoms with Crippen molar-refractivity contribution in [3.63, 3.8) is 0 Å². The first-order chi connectivity index (χ1) is 12.1. The predicted molar refractivity (Wildman–Crippen MR) is 103 cm³/mol. The molecule has 0 bridgehead atoms. The van der Waals surface area contributed by atoms with Crippen LogP contribution in [0.15, 0.2) is 48.7 Å². The lowest BCUT2D eigenvalue weighted by Crippen LogP contribution is -2.21. The van der Waals surface area contributed by atoms with Crippen molar-refractivity contribution in [3.8, 4) is 22.6 Å². The molecule has 130 valence electrons. The van der Waals surface area contributed by atoms with Crippen LogP contribution in [0.1, 0.15) is 5.56 Å². The van der Waals surface area contributed by atoms with Crippen LogP contribution in [0.25, 0.3) is 22.6 Å². The summed E-state index contributed by atoms with van der Waals surface area (Å²) in [6, 6.07) is 13.7. The number of hydrogen-bond acceptors (Lipinski definition) is 3. The molecule has 0 aliphatic heterocycles. The molecule has 0 fully saturated rings. The van der Waals surface area contributed by atoms with Crippen LogP contribution in [0, 0.1) is 0 Å². The highest BCUT2D eigenvalue weighted by Gasteiger charge is 2.08. The molecule has 0 amide bonds. The van der Waals surface area contributed by atoms with Gasteiger partial charge in [0.05, 0.1) is 28.5 Å². The fourth-order valence-electron chi connectivity index (χ4n) is 2.66. The maximum absolute atomic E-state index is 9.02. The van der Waals surface area contributed by atoms with E-state index in [0.29, 0.717) is 16.6 Å². The quantitative estimate of drug-likeness (QED) is 0.667. The molecule has 1 aromatic heterocycles. The van der Waals surface area contributed by atoms with E-state index in [2.05, 4.69) is 27.0 Å². The number of H-pyrrole nitrogens is 1. The molecule has 0 saturated carbocycles. The van der Waals surface area contributed by atoms with Gasteiger partial charge in [-0.1, -0.05) is 41.4 Å². The number of likely N-dealkylation sites (N-methyl/N-ethyl adjacent to an activating group) is 1. The van der Waals surface area contributed by atoms with Crippen LogP contribution in [-0.2, 0) is 6.54 Å². The molecule has 6 heteroatoms. The lowest BCUT2D eigenvalue weighted by atomic mass is 10.1. The third-order valence-corrected chi connectivity index (χ3v) is 4.68. The van der Waals surface area contributed by atoms with E-state index in [1.807, 2.05) is 31.4 Å². The predicted octanol–water partition coefficient (Wildman–Crippen LogP) is 4.47. The fourth-order valence-corrected chi connectivity index (χ4v) is 2.95. The lowest BCUT2D eigenvalue weighted by Gasteiger charge is -2.15. The summed E-state index contributed by atoms with van der Waals surface area (Å²) in [6.45, 7) is 1.59. The minimum Gasteiger partial charge on any atom is -0.395 e. The Labute approximate surface area is 157 Å².